The fourth-order valence-electron chi connectivity index (χ4n) is 2.89. The largest absolute Gasteiger partial charge is 0.398 e. The van der Waals surface area contributed by atoms with Crippen molar-refractivity contribution >= 4 is 15.7 Å². The van der Waals surface area contributed by atoms with E-state index in [0.29, 0.717) is 22.9 Å². The van der Waals surface area contributed by atoms with Gasteiger partial charge in [0.15, 0.2) is 0 Å². The van der Waals surface area contributed by atoms with Crippen LogP contribution in [0.15, 0.2) is 17.0 Å². The summed E-state index contributed by atoms with van der Waals surface area (Å²) in [7, 11) is -3.48. The average Bonchev–Trinajstić information content (AvgIpc) is 3.15. The first-order valence-corrected chi connectivity index (χ1v) is 9.34. The van der Waals surface area contributed by atoms with Crippen LogP contribution >= 0.6 is 0 Å². The van der Waals surface area contributed by atoms with Crippen molar-refractivity contribution in [2.45, 2.75) is 63.8 Å². The number of aryl methyl sites for hydroxylation is 1. The number of benzene rings is 1. The highest BCUT2D eigenvalue weighted by atomic mass is 32.2. The van der Waals surface area contributed by atoms with Crippen LogP contribution in [0.25, 0.3) is 0 Å². The maximum Gasteiger partial charge on any atom is 0.241 e. The molecule has 21 heavy (non-hydrogen) atoms. The van der Waals surface area contributed by atoms with Gasteiger partial charge in [0.25, 0.3) is 0 Å². The molecule has 2 rings (SSSR count). The second-order valence-electron chi connectivity index (χ2n) is 5.88. The minimum absolute atomic E-state index is 0.103. The molecule has 0 aliphatic heterocycles. The van der Waals surface area contributed by atoms with Crippen molar-refractivity contribution in [1.82, 2.24) is 4.72 Å². The zero-order valence-electron chi connectivity index (χ0n) is 13.1. The lowest BCUT2D eigenvalue weighted by Crippen LogP contribution is -2.28. The van der Waals surface area contributed by atoms with Crippen LogP contribution in [0.3, 0.4) is 0 Å². The molecule has 3 N–H and O–H groups in total. The zero-order valence-corrected chi connectivity index (χ0v) is 14.0. The molecule has 0 saturated heterocycles. The van der Waals surface area contributed by atoms with E-state index in [1.807, 2.05) is 19.9 Å². The van der Waals surface area contributed by atoms with E-state index in [9.17, 15) is 8.42 Å². The summed E-state index contributed by atoms with van der Waals surface area (Å²) >= 11 is 0. The van der Waals surface area contributed by atoms with Gasteiger partial charge in [0, 0.05) is 11.7 Å². The van der Waals surface area contributed by atoms with E-state index in [1.165, 1.54) is 0 Å². The lowest BCUT2D eigenvalue weighted by Gasteiger charge is -2.14. The smallest absolute Gasteiger partial charge is 0.241 e. The van der Waals surface area contributed by atoms with Gasteiger partial charge in [-0.15, -0.1) is 0 Å². The lowest BCUT2D eigenvalue weighted by atomic mass is 10.1. The fraction of sp³-hybridized carbons (Fsp3) is 0.625. The van der Waals surface area contributed by atoms with Gasteiger partial charge in [-0.2, -0.15) is 0 Å². The van der Waals surface area contributed by atoms with E-state index >= 15 is 0 Å². The Morgan fingerprint density at radius 1 is 1.24 bits per heavy atom. The van der Waals surface area contributed by atoms with Crippen LogP contribution in [0.4, 0.5) is 5.69 Å². The van der Waals surface area contributed by atoms with Crippen LogP contribution < -0.4 is 10.5 Å². The Bertz CT molecular complexity index is 611. The molecule has 2 atom stereocenters. The van der Waals surface area contributed by atoms with Gasteiger partial charge in [0.2, 0.25) is 10.0 Å². The fourth-order valence-corrected chi connectivity index (χ4v) is 4.60. The maximum atomic E-state index is 12.7. The molecule has 118 valence electrons. The molecule has 0 aromatic heterocycles. The first kappa shape index (κ1) is 16.3. The van der Waals surface area contributed by atoms with E-state index in [2.05, 4.69) is 11.6 Å². The van der Waals surface area contributed by atoms with Crippen LogP contribution in [0, 0.1) is 5.92 Å². The number of sulfonamides is 1. The Balaban J connectivity index is 2.29. The molecule has 5 heteroatoms. The average molecular weight is 310 g/mol. The Morgan fingerprint density at radius 3 is 2.52 bits per heavy atom. The van der Waals surface area contributed by atoms with Crippen molar-refractivity contribution in [2.24, 2.45) is 5.92 Å². The predicted octanol–water partition coefficient (Wildman–Crippen LogP) is 2.86. The van der Waals surface area contributed by atoms with E-state index in [4.69, 9.17) is 5.73 Å². The van der Waals surface area contributed by atoms with E-state index in [1.54, 1.807) is 6.07 Å². The zero-order chi connectivity index (χ0) is 15.6. The molecule has 1 aromatic rings. The highest BCUT2D eigenvalue weighted by Gasteiger charge is 2.39. The molecule has 0 spiro atoms. The SMILES string of the molecule is CCCC1CC1NS(=O)(=O)c1cc(CC)cc(N)c1CC. The molecule has 0 heterocycles. The minimum Gasteiger partial charge on any atom is -0.398 e. The number of nitrogens with one attached hydrogen (secondary N) is 1. The molecule has 0 amide bonds. The van der Waals surface area contributed by atoms with E-state index in [0.717, 1.165) is 36.8 Å². The third-order valence-electron chi connectivity index (χ3n) is 4.24. The van der Waals surface area contributed by atoms with E-state index in [-0.39, 0.29) is 6.04 Å². The summed E-state index contributed by atoms with van der Waals surface area (Å²) in [6, 6.07) is 3.76. The predicted molar refractivity (Wildman–Crippen MR) is 86.7 cm³/mol. The van der Waals surface area contributed by atoms with Crippen molar-refractivity contribution in [3.8, 4) is 0 Å². The Kier molecular flexibility index (Phi) is 4.94. The highest BCUT2D eigenvalue weighted by Crippen LogP contribution is 2.36. The molecule has 1 aliphatic carbocycles. The van der Waals surface area contributed by atoms with Gasteiger partial charge in [-0.05, 0) is 54.9 Å². The van der Waals surface area contributed by atoms with Crippen LogP contribution in [0.1, 0.15) is 51.2 Å². The Hall–Kier alpha value is -1.07. The molecule has 2 unspecified atom stereocenters. The molecule has 0 radical (unpaired) electrons. The van der Waals surface area contributed by atoms with Gasteiger partial charge >= 0.3 is 0 Å². The molecular formula is C16H26N2O2S. The highest BCUT2D eigenvalue weighted by molar-refractivity contribution is 7.89. The molecule has 1 saturated carbocycles. The van der Waals surface area contributed by atoms with Gasteiger partial charge < -0.3 is 5.73 Å². The van der Waals surface area contributed by atoms with Crippen molar-refractivity contribution in [3.05, 3.63) is 23.3 Å². The number of nitrogens with two attached hydrogens (primary N) is 1. The second kappa shape index (κ2) is 6.36. The van der Waals surface area contributed by atoms with Crippen LogP contribution in [0.5, 0.6) is 0 Å². The van der Waals surface area contributed by atoms with Crippen molar-refractivity contribution in [3.63, 3.8) is 0 Å². The summed E-state index contributed by atoms with van der Waals surface area (Å²) < 4.78 is 28.2. The number of hydrogen-bond donors (Lipinski definition) is 2. The van der Waals surface area contributed by atoms with Crippen LogP contribution in [-0.4, -0.2) is 14.5 Å². The monoisotopic (exact) mass is 310 g/mol. The topological polar surface area (TPSA) is 72.2 Å². The molecule has 1 aliphatic rings. The van der Waals surface area contributed by atoms with Crippen molar-refractivity contribution < 1.29 is 8.42 Å². The van der Waals surface area contributed by atoms with Gasteiger partial charge in [-0.3, -0.25) is 0 Å². The van der Waals surface area contributed by atoms with Crippen molar-refractivity contribution in [1.29, 1.82) is 0 Å². The minimum atomic E-state index is -3.48. The summed E-state index contributed by atoms with van der Waals surface area (Å²) in [4.78, 5) is 0.365. The molecule has 0 bridgehead atoms. The summed E-state index contributed by atoms with van der Waals surface area (Å²) in [6.07, 6.45) is 4.54. The Morgan fingerprint density at radius 2 is 1.95 bits per heavy atom. The molecule has 1 fully saturated rings. The number of hydrogen-bond acceptors (Lipinski definition) is 3. The summed E-state index contributed by atoms with van der Waals surface area (Å²) in [5.41, 5.74) is 8.31. The first-order chi connectivity index (χ1) is 9.92. The van der Waals surface area contributed by atoms with Crippen LogP contribution in [0.2, 0.25) is 0 Å². The number of nitrogen functional groups attached to an aromatic ring is 1. The van der Waals surface area contributed by atoms with Gasteiger partial charge in [0.1, 0.15) is 0 Å². The summed E-state index contributed by atoms with van der Waals surface area (Å²) in [6.45, 7) is 6.07. The maximum absolute atomic E-state index is 12.7. The standard InChI is InChI=1S/C16H26N2O2S/c1-4-7-12-10-15(12)18-21(19,20)16-9-11(5-2)8-14(17)13(16)6-3/h8-9,12,15,18H,4-7,10,17H2,1-3H3. The molecule has 4 nitrogen and oxygen atoms in total. The normalized spacial score (nSPS) is 21.5. The quantitative estimate of drug-likeness (QED) is 0.761. The molecular weight excluding hydrogens is 284 g/mol. The third kappa shape index (κ3) is 3.58. The van der Waals surface area contributed by atoms with Gasteiger partial charge in [0.05, 0.1) is 4.90 Å². The van der Waals surface area contributed by atoms with Gasteiger partial charge in [-0.1, -0.05) is 27.2 Å². The Labute approximate surface area is 128 Å². The molecule has 1 aromatic carbocycles. The summed E-state index contributed by atoms with van der Waals surface area (Å²) in [5.74, 6) is 0.501. The second-order valence-corrected chi connectivity index (χ2v) is 7.56. The number of rotatable bonds is 7. The third-order valence-corrected chi connectivity index (χ3v) is 5.80. The van der Waals surface area contributed by atoms with Crippen LogP contribution in [-0.2, 0) is 22.9 Å². The summed E-state index contributed by atoms with van der Waals surface area (Å²) in [5, 5.41) is 0. The van der Waals surface area contributed by atoms with Gasteiger partial charge in [-0.25, -0.2) is 13.1 Å². The lowest BCUT2D eigenvalue weighted by molar-refractivity contribution is 0.572. The first-order valence-electron chi connectivity index (χ1n) is 7.86. The number of anilines is 1. The van der Waals surface area contributed by atoms with Crippen molar-refractivity contribution in [2.75, 3.05) is 5.73 Å². The van der Waals surface area contributed by atoms with E-state index < -0.39 is 10.0 Å².